The smallest absolute Gasteiger partial charge is 0.0561 e. The summed E-state index contributed by atoms with van der Waals surface area (Å²) in [5, 5.41) is 0. The molecular weight excluding hydrogens is 180 g/mol. The first kappa shape index (κ1) is 7.55. The van der Waals surface area contributed by atoms with Gasteiger partial charge in [0.15, 0.2) is 0 Å². The third-order valence-corrected chi connectivity index (χ3v) is 2.39. The van der Waals surface area contributed by atoms with Gasteiger partial charge < -0.3 is 4.74 Å². The quantitative estimate of drug-likeness (QED) is 0.536. The predicted octanol–water partition coefficient (Wildman–Crippen LogP) is 2.34. The van der Waals surface area contributed by atoms with Crippen molar-refractivity contribution in [3.05, 3.63) is 0 Å². The van der Waals surface area contributed by atoms with E-state index in [0.717, 1.165) is 12.8 Å². The average molecular weight is 193 g/mol. The maximum absolute atomic E-state index is 5.53. The monoisotopic (exact) mass is 192 g/mol. The average Bonchev–Trinajstić information content (AvgIpc) is 1.59. The Labute approximate surface area is 64.9 Å². The minimum Gasteiger partial charge on any atom is -0.375 e. The van der Waals surface area contributed by atoms with Gasteiger partial charge in [-0.05, 0) is 26.7 Å². The topological polar surface area (TPSA) is 9.23 Å². The Bertz CT molecular complexity index is 69.9. The van der Waals surface area contributed by atoms with Gasteiger partial charge in [-0.3, -0.25) is 0 Å². The fourth-order valence-electron chi connectivity index (χ4n) is 1.32. The van der Waals surface area contributed by atoms with Crippen LogP contribution >= 0.6 is 15.9 Å². The maximum atomic E-state index is 5.53. The summed E-state index contributed by atoms with van der Waals surface area (Å²) in [5.74, 6) is 0. The molecule has 9 heavy (non-hydrogen) atoms. The van der Waals surface area contributed by atoms with Crippen LogP contribution in [0.25, 0.3) is 0 Å². The fraction of sp³-hybridized carbons (Fsp3) is 1.00. The summed E-state index contributed by atoms with van der Waals surface area (Å²) >= 11 is 3.59. The highest BCUT2D eigenvalue weighted by Gasteiger charge is 2.21. The maximum Gasteiger partial charge on any atom is 0.0561 e. The minimum absolute atomic E-state index is 0.443. The Kier molecular flexibility index (Phi) is 2.53. The first-order valence-corrected chi connectivity index (χ1v) is 4.39. The van der Waals surface area contributed by atoms with Crippen LogP contribution in [0.3, 0.4) is 0 Å². The van der Waals surface area contributed by atoms with E-state index in [2.05, 4.69) is 29.8 Å². The number of halogens is 1. The van der Waals surface area contributed by atoms with Crippen LogP contribution < -0.4 is 0 Å². The molecule has 1 aliphatic heterocycles. The van der Waals surface area contributed by atoms with Gasteiger partial charge in [0.2, 0.25) is 0 Å². The lowest BCUT2D eigenvalue weighted by atomic mass is 10.1. The molecule has 2 heteroatoms. The SMILES string of the molecule is C[C@H]1CC(Br)C[C@H](C)O1. The zero-order chi connectivity index (χ0) is 6.85. The summed E-state index contributed by atoms with van der Waals surface area (Å²) < 4.78 is 5.53. The molecule has 0 aromatic heterocycles. The second-order valence-electron chi connectivity index (χ2n) is 2.83. The molecule has 0 aliphatic carbocycles. The van der Waals surface area contributed by atoms with Gasteiger partial charge in [-0.1, -0.05) is 15.9 Å². The minimum atomic E-state index is 0.443. The largest absolute Gasteiger partial charge is 0.375 e. The van der Waals surface area contributed by atoms with Crippen LogP contribution in [0.1, 0.15) is 26.7 Å². The van der Waals surface area contributed by atoms with Crippen molar-refractivity contribution in [1.29, 1.82) is 0 Å². The van der Waals surface area contributed by atoms with Crippen molar-refractivity contribution in [3.8, 4) is 0 Å². The normalized spacial score (nSPS) is 45.0. The van der Waals surface area contributed by atoms with Gasteiger partial charge in [0.1, 0.15) is 0 Å². The molecule has 0 radical (unpaired) electrons. The Morgan fingerprint density at radius 3 is 2.00 bits per heavy atom. The molecule has 0 unspecified atom stereocenters. The summed E-state index contributed by atoms with van der Waals surface area (Å²) in [6.07, 6.45) is 3.20. The lowest BCUT2D eigenvalue weighted by molar-refractivity contribution is -0.0257. The van der Waals surface area contributed by atoms with Gasteiger partial charge in [-0.2, -0.15) is 0 Å². The fourth-order valence-corrected chi connectivity index (χ4v) is 2.38. The summed E-state index contributed by atoms with van der Waals surface area (Å²) in [5.41, 5.74) is 0. The summed E-state index contributed by atoms with van der Waals surface area (Å²) in [6.45, 7) is 4.26. The molecular formula is C7H13BrO. The van der Waals surface area contributed by atoms with Gasteiger partial charge in [-0.15, -0.1) is 0 Å². The molecule has 1 saturated heterocycles. The third kappa shape index (κ3) is 2.26. The van der Waals surface area contributed by atoms with E-state index in [0.29, 0.717) is 17.0 Å². The van der Waals surface area contributed by atoms with Gasteiger partial charge >= 0.3 is 0 Å². The number of rotatable bonds is 0. The second kappa shape index (κ2) is 3.02. The Morgan fingerprint density at radius 2 is 1.67 bits per heavy atom. The standard InChI is InChI=1S/C7H13BrO/c1-5-3-7(8)4-6(2)9-5/h5-7H,3-4H2,1-2H3/t5-,6-/m0/s1. The Balaban J connectivity index is 2.34. The molecule has 1 rings (SSSR count). The zero-order valence-electron chi connectivity index (χ0n) is 5.93. The highest BCUT2D eigenvalue weighted by atomic mass is 79.9. The lowest BCUT2D eigenvalue weighted by Crippen LogP contribution is -2.29. The molecule has 54 valence electrons. The van der Waals surface area contributed by atoms with Gasteiger partial charge in [0.25, 0.3) is 0 Å². The van der Waals surface area contributed by atoms with Crippen LogP contribution in [0.4, 0.5) is 0 Å². The van der Waals surface area contributed by atoms with Gasteiger partial charge in [0, 0.05) is 4.83 Å². The molecule has 1 fully saturated rings. The van der Waals surface area contributed by atoms with Crippen molar-refractivity contribution in [2.45, 2.75) is 43.7 Å². The van der Waals surface area contributed by atoms with Gasteiger partial charge in [0.05, 0.1) is 12.2 Å². The van der Waals surface area contributed by atoms with Crippen molar-refractivity contribution in [2.75, 3.05) is 0 Å². The molecule has 0 aromatic rings. The third-order valence-electron chi connectivity index (χ3n) is 1.64. The van der Waals surface area contributed by atoms with E-state index in [4.69, 9.17) is 4.74 Å². The van der Waals surface area contributed by atoms with E-state index >= 15 is 0 Å². The van der Waals surface area contributed by atoms with Crippen molar-refractivity contribution in [1.82, 2.24) is 0 Å². The zero-order valence-corrected chi connectivity index (χ0v) is 7.52. The molecule has 0 aromatic carbocycles. The van der Waals surface area contributed by atoms with E-state index < -0.39 is 0 Å². The van der Waals surface area contributed by atoms with Crippen LogP contribution in [-0.4, -0.2) is 17.0 Å². The second-order valence-corrected chi connectivity index (χ2v) is 4.12. The molecule has 2 atom stereocenters. The van der Waals surface area contributed by atoms with Crippen LogP contribution in [-0.2, 0) is 4.74 Å². The predicted molar refractivity (Wildman–Crippen MR) is 42.0 cm³/mol. The summed E-state index contributed by atoms with van der Waals surface area (Å²) in [6, 6.07) is 0. The van der Waals surface area contributed by atoms with E-state index in [-0.39, 0.29) is 0 Å². The van der Waals surface area contributed by atoms with Crippen LogP contribution in [0.5, 0.6) is 0 Å². The van der Waals surface area contributed by atoms with E-state index in [9.17, 15) is 0 Å². The molecule has 0 saturated carbocycles. The number of hydrogen-bond acceptors (Lipinski definition) is 1. The van der Waals surface area contributed by atoms with Crippen LogP contribution in [0.15, 0.2) is 0 Å². The first-order valence-electron chi connectivity index (χ1n) is 3.48. The number of alkyl halides is 1. The molecule has 1 nitrogen and oxygen atoms in total. The molecule has 0 bridgehead atoms. The molecule has 0 N–H and O–H groups in total. The Hall–Kier alpha value is 0.440. The summed E-state index contributed by atoms with van der Waals surface area (Å²) in [4.78, 5) is 0.677. The highest BCUT2D eigenvalue weighted by Crippen LogP contribution is 2.24. The highest BCUT2D eigenvalue weighted by molar-refractivity contribution is 9.09. The van der Waals surface area contributed by atoms with E-state index in [1.807, 2.05) is 0 Å². The Morgan fingerprint density at radius 1 is 1.22 bits per heavy atom. The van der Waals surface area contributed by atoms with E-state index in [1.54, 1.807) is 0 Å². The molecule has 0 amide bonds. The molecule has 0 spiro atoms. The van der Waals surface area contributed by atoms with Crippen LogP contribution in [0, 0.1) is 0 Å². The summed E-state index contributed by atoms with van der Waals surface area (Å²) in [7, 11) is 0. The number of hydrogen-bond donors (Lipinski definition) is 0. The van der Waals surface area contributed by atoms with E-state index in [1.165, 1.54) is 0 Å². The van der Waals surface area contributed by atoms with Crippen molar-refractivity contribution >= 4 is 15.9 Å². The van der Waals surface area contributed by atoms with Crippen LogP contribution in [0.2, 0.25) is 0 Å². The van der Waals surface area contributed by atoms with Crippen molar-refractivity contribution in [3.63, 3.8) is 0 Å². The van der Waals surface area contributed by atoms with Gasteiger partial charge in [-0.25, -0.2) is 0 Å². The van der Waals surface area contributed by atoms with Crippen molar-refractivity contribution in [2.24, 2.45) is 0 Å². The van der Waals surface area contributed by atoms with Crippen molar-refractivity contribution < 1.29 is 4.74 Å². The molecule has 1 aliphatic rings. The number of ether oxygens (including phenoxy) is 1. The lowest BCUT2D eigenvalue weighted by Gasteiger charge is -2.28. The molecule has 1 heterocycles. The first-order chi connectivity index (χ1) is 4.18.